The second kappa shape index (κ2) is 11.2. The van der Waals surface area contributed by atoms with Crippen LogP contribution in [-0.2, 0) is 22.0 Å². The van der Waals surface area contributed by atoms with Gasteiger partial charge in [0.1, 0.15) is 34.6 Å². The van der Waals surface area contributed by atoms with Crippen molar-refractivity contribution in [2.24, 2.45) is 0 Å². The predicted octanol–water partition coefficient (Wildman–Crippen LogP) is 3.82. The van der Waals surface area contributed by atoms with E-state index in [-0.39, 0.29) is 11.6 Å². The molecule has 4 rings (SSSR count). The summed E-state index contributed by atoms with van der Waals surface area (Å²) < 4.78 is 40.1. The zero-order valence-electron chi connectivity index (χ0n) is 20.9. The third-order valence-electron chi connectivity index (χ3n) is 6.18. The number of ether oxygens (including phenoxy) is 2. The van der Waals surface area contributed by atoms with Crippen LogP contribution in [-0.4, -0.2) is 57.6 Å². The van der Waals surface area contributed by atoms with Gasteiger partial charge in [-0.2, -0.15) is 0 Å². The van der Waals surface area contributed by atoms with Gasteiger partial charge in [0, 0.05) is 37.1 Å². The van der Waals surface area contributed by atoms with E-state index in [1.807, 2.05) is 12.1 Å². The Hall–Kier alpha value is -3.57. The first kappa shape index (κ1) is 26.5. The van der Waals surface area contributed by atoms with Crippen molar-refractivity contribution in [3.63, 3.8) is 0 Å². The zero-order valence-corrected chi connectivity index (χ0v) is 22.4. The van der Waals surface area contributed by atoms with Crippen molar-refractivity contribution >= 4 is 21.4 Å². The molecule has 0 saturated carbocycles. The molecular formula is C25H27ClN6O4S. The highest BCUT2D eigenvalue weighted by Gasteiger charge is 2.32. The zero-order chi connectivity index (χ0) is 26.6. The van der Waals surface area contributed by atoms with Gasteiger partial charge in [0.2, 0.25) is 0 Å². The van der Waals surface area contributed by atoms with E-state index in [4.69, 9.17) is 21.1 Å². The fraction of sp³-hybridized carbons (Fsp3) is 0.320. The highest BCUT2D eigenvalue weighted by molar-refractivity contribution is 7.91. The summed E-state index contributed by atoms with van der Waals surface area (Å²) >= 11 is 5.89. The van der Waals surface area contributed by atoms with E-state index in [2.05, 4.69) is 25.1 Å². The molecule has 2 atom stereocenters. The molecule has 0 unspecified atom stereocenters. The van der Waals surface area contributed by atoms with Crippen LogP contribution in [0.1, 0.15) is 42.8 Å². The third kappa shape index (κ3) is 5.72. The van der Waals surface area contributed by atoms with Crippen molar-refractivity contribution in [1.29, 1.82) is 0 Å². The third-order valence-corrected chi connectivity index (χ3v) is 8.58. The molecule has 0 aliphatic rings. The summed E-state index contributed by atoms with van der Waals surface area (Å²) in [6.07, 6.45) is 6.67. The van der Waals surface area contributed by atoms with Crippen LogP contribution in [0.2, 0.25) is 5.02 Å². The van der Waals surface area contributed by atoms with Gasteiger partial charge in [-0.25, -0.2) is 18.4 Å². The Bertz CT molecular complexity index is 1440. The van der Waals surface area contributed by atoms with Crippen molar-refractivity contribution < 1.29 is 17.9 Å². The summed E-state index contributed by atoms with van der Waals surface area (Å²) in [5.74, 6) is 1.30. The van der Waals surface area contributed by atoms with Crippen molar-refractivity contribution in [2.75, 3.05) is 14.2 Å². The summed E-state index contributed by atoms with van der Waals surface area (Å²) in [6.45, 7) is 3.41. The number of methoxy groups -OCH3 is 2. The van der Waals surface area contributed by atoms with E-state index in [9.17, 15) is 8.42 Å². The summed E-state index contributed by atoms with van der Waals surface area (Å²) in [4.78, 5) is 12.5. The molecule has 0 bridgehead atoms. The molecule has 3 heterocycles. The quantitative estimate of drug-likeness (QED) is 0.294. The maximum atomic E-state index is 13.6. The maximum Gasteiger partial charge on any atom is 0.160 e. The number of nitrogens with zero attached hydrogens (tertiary/aromatic N) is 6. The lowest BCUT2D eigenvalue weighted by Crippen LogP contribution is -2.27. The molecule has 0 N–H and O–H groups in total. The molecule has 0 fully saturated rings. The number of para-hydroxylation sites is 1. The minimum atomic E-state index is -3.73. The van der Waals surface area contributed by atoms with Crippen molar-refractivity contribution in [1.82, 2.24) is 29.7 Å². The Kier molecular flexibility index (Phi) is 8.03. The highest BCUT2D eigenvalue weighted by Crippen LogP contribution is 2.35. The van der Waals surface area contributed by atoms with Crippen molar-refractivity contribution in [3.05, 3.63) is 83.2 Å². The first-order valence-electron chi connectivity index (χ1n) is 11.5. The average molecular weight is 543 g/mol. The number of sulfone groups is 1. The number of benzene rings is 1. The van der Waals surface area contributed by atoms with E-state index >= 15 is 0 Å². The summed E-state index contributed by atoms with van der Waals surface area (Å²) in [6, 6.07) is 9.07. The molecule has 0 spiro atoms. The number of aromatic nitrogens is 6. The molecule has 12 heteroatoms. The topological polar surface area (TPSA) is 122 Å². The van der Waals surface area contributed by atoms with Gasteiger partial charge in [-0.3, -0.25) is 9.55 Å². The first-order chi connectivity index (χ1) is 17.7. The minimum Gasteiger partial charge on any atom is -0.494 e. The second-order valence-electron chi connectivity index (χ2n) is 8.47. The van der Waals surface area contributed by atoms with Crippen LogP contribution in [0.15, 0.2) is 55.1 Å². The van der Waals surface area contributed by atoms with E-state index in [1.165, 1.54) is 26.6 Å². The fourth-order valence-electron chi connectivity index (χ4n) is 3.94. The molecule has 37 heavy (non-hydrogen) atoms. The number of pyridine rings is 1. The number of hydrogen-bond acceptors (Lipinski definition) is 9. The molecule has 3 aromatic heterocycles. The first-order valence-corrected chi connectivity index (χ1v) is 13.6. The van der Waals surface area contributed by atoms with Crippen molar-refractivity contribution in [2.45, 2.75) is 37.2 Å². The van der Waals surface area contributed by atoms with Gasteiger partial charge in [0.25, 0.3) is 0 Å². The summed E-state index contributed by atoms with van der Waals surface area (Å²) in [5.41, 5.74) is 1.46. The van der Waals surface area contributed by atoms with Crippen LogP contribution in [0.25, 0.3) is 5.69 Å². The standard InChI is InChI=1S/C25H27ClN6O4S/c1-16(25-28-13-19(26)14-29-25)17(2)37(33,34)15-23-31-30-22(12-18-8-10-27-11-9-18)32(23)24-20(35-3)6-5-7-21(24)36-4/h5-11,13-14,16-17H,12,15H2,1-4H3/t16-,17-/m0/s1. The van der Waals surface area contributed by atoms with Crippen LogP contribution >= 0.6 is 11.6 Å². The molecule has 0 amide bonds. The van der Waals surface area contributed by atoms with Crippen LogP contribution in [0.3, 0.4) is 0 Å². The van der Waals surface area contributed by atoms with Gasteiger partial charge in [0.15, 0.2) is 15.7 Å². The Morgan fingerprint density at radius 3 is 2.14 bits per heavy atom. The molecule has 0 aliphatic heterocycles. The molecule has 194 valence electrons. The average Bonchev–Trinajstić information content (AvgIpc) is 3.28. The number of hydrogen-bond donors (Lipinski definition) is 0. The predicted molar refractivity (Wildman–Crippen MR) is 139 cm³/mol. The van der Waals surface area contributed by atoms with Crippen LogP contribution in [0.5, 0.6) is 11.5 Å². The number of halogens is 1. The molecule has 4 aromatic rings. The van der Waals surface area contributed by atoms with Gasteiger partial charge < -0.3 is 9.47 Å². The minimum absolute atomic E-state index is 0.239. The molecule has 10 nitrogen and oxygen atoms in total. The fourth-order valence-corrected chi connectivity index (χ4v) is 5.60. The second-order valence-corrected chi connectivity index (χ2v) is 11.3. The lowest BCUT2D eigenvalue weighted by atomic mass is 10.1. The van der Waals surface area contributed by atoms with E-state index in [0.29, 0.717) is 40.3 Å². The van der Waals surface area contributed by atoms with Gasteiger partial charge >= 0.3 is 0 Å². The molecule has 0 aliphatic carbocycles. The molecular weight excluding hydrogens is 516 g/mol. The van der Waals surface area contributed by atoms with Crippen LogP contribution < -0.4 is 9.47 Å². The SMILES string of the molecule is COc1cccc(OC)c1-n1c(Cc2ccncc2)nnc1CS(=O)(=O)[C@@H](C)[C@H](C)c1ncc(Cl)cn1. The van der Waals surface area contributed by atoms with E-state index < -0.39 is 21.0 Å². The molecule has 0 radical (unpaired) electrons. The van der Waals surface area contributed by atoms with Crippen LogP contribution in [0.4, 0.5) is 0 Å². The van der Waals surface area contributed by atoms with Gasteiger partial charge in [0.05, 0.1) is 24.5 Å². The lowest BCUT2D eigenvalue weighted by molar-refractivity contribution is 0.390. The smallest absolute Gasteiger partial charge is 0.160 e. The molecule has 0 saturated heterocycles. The number of rotatable bonds is 10. The monoisotopic (exact) mass is 542 g/mol. The van der Waals surface area contributed by atoms with Gasteiger partial charge in [-0.05, 0) is 36.8 Å². The van der Waals surface area contributed by atoms with E-state index in [1.54, 1.807) is 49.0 Å². The summed E-state index contributed by atoms with van der Waals surface area (Å²) in [5, 5.41) is 8.26. The Labute approximate surface area is 220 Å². The van der Waals surface area contributed by atoms with Gasteiger partial charge in [-0.15, -0.1) is 10.2 Å². The molecule has 1 aromatic carbocycles. The Morgan fingerprint density at radius 2 is 1.54 bits per heavy atom. The lowest BCUT2D eigenvalue weighted by Gasteiger charge is -2.20. The van der Waals surface area contributed by atoms with Gasteiger partial charge in [-0.1, -0.05) is 24.6 Å². The largest absolute Gasteiger partial charge is 0.494 e. The van der Waals surface area contributed by atoms with Crippen molar-refractivity contribution in [3.8, 4) is 17.2 Å². The van der Waals surface area contributed by atoms with Crippen LogP contribution in [0, 0.1) is 0 Å². The summed E-state index contributed by atoms with van der Waals surface area (Å²) in [7, 11) is -0.650. The maximum absolute atomic E-state index is 13.6. The Balaban J connectivity index is 1.77. The normalized spacial score (nSPS) is 13.2. The highest BCUT2D eigenvalue weighted by atomic mass is 35.5. The Morgan fingerprint density at radius 1 is 0.946 bits per heavy atom. The van der Waals surface area contributed by atoms with E-state index in [0.717, 1.165) is 5.56 Å².